The highest BCUT2D eigenvalue weighted by Gasteiger charge is 2.29. The fourth-order valence-electron chi connectivity index (χ4n) is 3.32. The third kappa shape index (κ3) is 4.56. The normalized spacial score (nSPS) is 14.5. The standard InChI is InChI=1S/C21H21N3O4.ClH/c25-16(10-11-18(27)28)19-17(26)12-15(9-6-13-4-2-1-3-5-13)24-21(19)22-20(23-24)14-7-8-14;/h1-5,12,14,25H,6-11H2,(H,27,28);1H. The second-order valence-corrected chi connectivity index (χ2v) is 7.18. The van der Waals surface area contributed by atoms with Crippen molar-refractivity contribution in [3.05, 3.63) is 68.9 Å². The number of halogens is 1. The number of hydrogen-bond acceptors (Lipinski definition) is 5. The summed E-state index contributed by atoms with van der Waals surface area (Å²) >= 11 is 0. The molecule has 1 aliphatic carbocycles. The molecule has 0 bridgehead atoms. The lowest BCUT2D eigenvalue weighted by molar-refractivity contribution is -0.136. The summed E-state index contributed by atoms with van der Waals surface area (Å²) in [6, 6.07) is 11.5. The van der Waals surface area contributed by atoms with Gasteiger partial charge in [0.15, 0.2) is 16.9 Å². The van der Waals surface area contributed by atoms with Gasteiger partial charge in [-0.15, -0.1) is 12.4 Å². The molecule has 0 amide bonds. The van der Waals surface area contributed by atoms with E-state index in [-0.39, 0.29) is 41.7 Å². The van der Waals surface area contributed by atoms with Crippen molar-refractivity contribution in [2.75, 3.05) is 0 Å². The van der Waals surface area contributed by atoms with E-state index in [9.17, 15) is 14.7 Å². The van der Waals surface area contributed by atoms with E-state index >= 15 is 0 Å². The van der Waals surface area contributed by atoms with Crippen molar-refractivity contribution in [3.8, 4) is 0 Å². The summed E-state index contributed by atoms with van der Waals surface area (Å²) < 4.78 is 1.64. The summed E-state index contributed by atoms with van der Waals surface area (Å²) in [7, 11) is 0. The minimum atomic E-state index is -1.03. The number of nitrogens with zero attached hydrogens (tertiary/aromatic N) is 3. The molecule has 8 heteroatoms. The first kappa shape index (κ1) is 20.8. The molecular formula is C21H22ClN3O4. The summed E-state index contributed by atoms with van der Waals surface area (Å²) in [4.78, 5) is 28.1. The number of aryl methyl sites for hydroxylation is 2. The van der Waals surface area contributed by atoms with Gasteiger partial charge >= 0.3 is 5.97 Å². The fourth-order valence-corrected chi connectivity index (χ4v) is 3.32. The topological polar surface area (TPSA) is 105 Å². The van der Waals surface area contributed by atoms with Crippen LogP contribution in [0.3, 0.4) is 0 Å². The van der Waals surface area contributed by atoms with E-state index in [0.29, 0.717) is 23.8 Å². The molecule has 1 saturated carbocycles. The van der Waals surface area contributed by atoms with Gasteiger partial charge in [-0.25, -0.2) is 9.50 Å². The maximum atomic E-state index is 12.7. The maximum absolute atomic E-state index is 12.7. The van der Waals surface area contributed by atoms with Crippen LogP contribution in [-0.2, 0) is 17.6 Å². The molecule has 0 radical (unpaired) electrons. The lowest BCUT2D eigenvalue weighted by Gasteiger charge is -2.06. The van der Waals surface area contributed by atoms with E-state index < -0.39 is 5.97 Å². The van der Waals surface area contributed by atoms with Crippen molar-refractivity contribution in [2.24, 2.45) is 0 Å². The second kappa shape index (κ2) is 8.61. The van der Waals surface area contributed by atoms with Gasteiger partial charge in [0, 0.05) is 24.1 Å². The average molecular weight is 416 g/mol. The molecule has 1 aromatic carbocycles. The Morgan fingerprint density at radius 2 is 1.83 bits per heavy atom. The Kier molecular flexibility index (Phi) is 6.17. The van der Waals surface area contributed by atoms with Crippen molar-refractivity contribution in [2.45, 2.75) is 44.4 Å². The van der Waals surface area contributed by atoms with Crippen LogP contribution in [-0.4, -0.2) is 30.8 Å². The number of benzene rings is 1. The van der Waals surface area contributed by atoms with Crippen LogP contribution in [0.15, 0.2) is 41.2 Å². The molecule has 1 fully saturated rings. The number of pyridine rings is 1. The van der Waals surface area contributed by atoms with E-state index in [0.717, 1.165) is 30.5 Å². The van der Waals surface area contributed by atoms with Gasteiger partial charge in [-0.1, -0.05) is 30.3 Å². The molecule has 0 saturated heterocycles. The molecular weight excluding hydrogens is 394 g/mol. The Morgan fingerprint density at radius 3 is 2.48 bits per heavy atom. The smallest absolute Gasteiger partial charge is 0.303 e. The largest absolute Gasteiger partial charge is 0.511 e. The van der Waals surface area contributed by atoms with Crippen LogP contribution in [0.4, 0.5) is 0 Å². The first-order valence-electron chi connectivity index (χ1n) is 9.43. The molecule has 1 aliphatic rings. The predicted octanol–water partition coefficient (Wildman–Crippen LogP) is 2.42. The zero-order valence-electron chi connectivity index (χ0n) is 15.7. The zero-order chi connectivity index (χ0) is 19.7. The molecule has 7 nitrogen and oxygen atoms in total. The zero-order valence-corrected chi connectivity index (χ0v) is 16.6. The molecule has 0 spiro atoms. The number of carboxylic acid groups (broad SMARTS) is 1. The maximum Gasteiger partial charge on any atom is 0.303 e. The highest BCUT2D eigenvalue weighted by Crippen LogP contribution is 2.38. The first-order chi connectivity index (χ1) is 13.5. The minimum absolute atomic E-state index is 0. The van der Waals surface area contributed by atoms with Gasteiger partial charge in [0.05, 0.1) is 6.42 Å². The van der Waals surface area contributed by atoms with Crippen LogP contribution < -0.4 is 10.6 Å². The summed E-state index contributed by atoms with van der Waals surface area (Å²) in [6.07, 6.45) is 3.03. The number of aliphatic hydroxyl groups excluding tert-OH is 1. The Labute approximate surface area is 173 Å². The molecule has 2 aromatic heterocycles. The van der Waals surface area contributed by atoms with Crippen LogP contribution in [0, 0.1) is 0 Å². The monoisotopic (exact) mass is 415 g/mol. The third-order valence-corrected chi connectivity index (χ3v) is 4.98. The molecule has 3 aromatic rings. The van der Waals surface area contributed by atoms with Gasteiger partial charge in [0.1, 0.15) is 11.0 Å². The van der Waals surface area contributed by atoms with E-state index in [1.807, 2.05) is 30.3 Å². The quantitative estimate of drug-likeness (QED) is 0.614. The van der Waals surface area contributed by atoms with Crippen LogP contribution in [0.1, 0.15) is 48.7 Å². The summed E-state index contributed by atoms with van der Waals surface area (Å²) in [5, 5.41) is 23.9. The summed E-state index contributed by atoms with van der Waals surface area (Å²) in [6.45, 7) is 0. The molecule has 0 atom stereocenters. The van der Waals surface area contributed by atoms with Crippen LogP contribution >= 0.6 is 12.4 Å². The van der Waals surface area contributed by atoms with E-state index in [1.165, 1.54) is 6.07 Å². The van der Waals surface area contributed by atoms with Gasteiger partial charge in [-0.2, -0.15) is 5.10 Å². The van der Waals surface area contributed by atoms with Crippen molar-refractivity contribution in [1.29, 1.82) is 0 Å². The van der Waals surface area contributed by atoms with Gasteiger partial charge in [0.25, 0.3) is 0 Å². The number of rotatable bonds is 7. The summed E-state index contributed by atoms with van der Waals surface area (Å²) in [5.74, 6) is -0.304. The number of aliphatic hydroxyl groups is 1. The lowest BCUT2D eigenvalue weighted by Crippen LogP contribution is -2.31. The van der Waals surface area contributed by atoms with Crippen LogP contribution in [0.25, 0.3) is 11.4 Å². The molecule has 2 N–H and O–H groups in total. The summed E-state index contributed by atoms with van der Waals surface area (Å²) in [5.41, 5.74) is 1.86. The highest BCUT2D eigenvalue weighted by molar-refractivity contribution is 5.85. The number of carbonyl (C=O) groups is 1. The highest BCUT2D eigenvalue weighted by atomic mass is 35.5. The Balaban J connectivity index is 0.00000240. The van der Waals surface area contributed by atoms with Crippen molar-refractivity contribution >= 4 is 29.8 Å². The molecule has 4 rings (SSSR count). The first-order valence-corrected chi connectivity index (χ1v) is 9.43. The Morgan fingerprint density at radius 1 is 1.10 bits per heavy atom. The van der Waals surface area contributed by atoms with Gasteiger partial charge < -0.3 is 10.2 Å². The SMILES string of the molecule is Cl.O=C(O)CCC(O)=c1c(=O)cc(CCc2ccccc2)n2nc(C3CC3)nc12. The number of fused-ring (bicyclic) bond motifs is 1. The predicted molar refractivity (Wildman–Crippen MR) is 110 cm³/mol. The fraction of sp³-hybridized carbons (Fsp3) is 0.333. The van der Waals surface area contributed by atoms with Crippen LogP contribution in [0.2, 0.25) is 0 Å². The van der Waals surface area contributed by atoms with Gasteiger partial charge in [-0.3, -0.25) is 9.59 Å². The van der Waals surface area contributed by atoms with Crippen molar-refractivity contribution in [1.82, 2.24) is 14.6 Å². The average Bonchev–Trinajstić information content (AvgIpc) is 3.44. The van der Waals surface area contributed by atoms with Crippen molar-refractivity contribution < 1.29 is 15.0 Å². The van der Waals surface area contributed by atoms with Gasteiger partial charge in [0.2, 0.25) is 0 Å². The Hall–Kier alpha value is -2.93. The molecule has 29 heavy (non-hydrogen) atoms. The molecule has 0 aliphatic heterocycles. The number of aliphatic carboxylic acids is 1. The number of carboxylic acids is 1. The van der Waals surface area contributed by atoms with Gasteiger partial charge in [-0.05, 0) is 31.2 Å². The van der Waals surface area contributed by atoms with E-state index in [4.69, 9.17) is 5.11 Å². The molecule has 2 heterocycles. The number of aromatic nitrogens is 3. The second-order valence-electron chi connectivity index (χ2n) is 7.18. The van der Waals surface area contributed by atoms with Crippen LogP contribution in [0.5, 0.6) is 0 Å². The van der Waals surface area contributed by atoms with Crippen molar-refractivity contribution in [3.63, 3.8) is 0 Å². The number of hydrogen-bond donors (Lipinski definition) is 2. The molecule has 152 valence electrons. The lowest BCUT2D eigenvalue weighted by atomic mass is 10.1. The van der Waals surface area contributed by atoms with E-state index in [1.54, 1.807) is 4.52 Å². The third-order valence-electron chi connectivity index (χ3n) is 4.98. The molecule has 0 unspecified atom stereocenters. The Bertz CT molecular complexity index is 1140. The minimum Gasteiger partial charge on any atom is -0.511 e. The van der Waals surface area contributed by atoms with E-state index in [2.05, 4.69) is 10.1 Å².